The fraction of sp³-hybridized carbons (Fsp3) is 0.227. The Hall–Kier alpha value is -2.93. The Bertz CT molecular complexity index is 1160. The Labute approximate surface area is 176 Å². The van der Waals surface area contributed by atoms with Crippen molar-refractivity contribution < 1.29 is 14.7 Å². The molecule has 1 aromatic heterocycles. The number of nitrogens with one attached hydrogen (secondary N) is 1. The van der Waals surface area contributed by atoms with Gasteiger partial charge < -0.3 is 10.4 Å². The Morgan fingerprint density at radius 3 is 2.52 bits per heavy atom. The van der Waals surface area contributed by atoms with Crippen LogP contribution in [-0.2, 0) is 4.79 Å². The average molecular weight is 454 g/mol. The first-order chi connectivity index (χ1) is 13.9. The van der Waals surface area contributed by atoms with Gasteiger partial charge in [-0.05, 0) is 78.8 Å². The number of hydrogen-bond donors (Lipinski definition) is 2. The third kappa shape index (κ3) is 3.70. The van der Waals surface area contributed by atoms with Gasteiger partial charge in [0.05, 0.1) is 11.2 Å². The molecule has 0 aliphatic heterocycles. The van der Waals surface area contributed by atoms with Crippen LogP contribution in [0.25, 0.3) is 22.2 Å². The summed E-state index contributed by atoms with van der Waals surface area (Å²) in [6, 6.07) is 11.5. The van der Waals surface area contributed by atoms with Crippen LogP contribution in [0.3, 0.4) is 0 Å². The van der Waals surface area contributed by atoms with Crippen LogP contribution in [0.2, 0.25) is 0 Å². The molecule has 3 aromatic rings. The summed E-state index contributed by atoms with van der Waals surface area (Å²) >= 11 is 3.43. The molecule has 1 heterocycles. The predicted octanol–water partition coefficient (Wildman–Crippen LogP) is 4.51. The number of nitrogens with zero attached hydrogens (tertiary/aromatic N) is 2. The van der Waals surface area contributed by atoms with Crippen molar-refractivity contribution in [1.29, 1.82) is 0 Å². The zero-order valence-corrected chi connectivity index (χ0v) is 17.7. The zero-order chi connectivity index (χ0) is 20.7. The van der Waals surface area contributed by atoms with E-state index in [4.69, 9.17) is 5.10 Å². The van der Waals surface area contributed by atoms with Gasteiger partial charge in [-0.3, -0.25) is 4.79 Å². The molecule has 0 radical (unpaired) electrons. The third-order valence-corrected chi connectivity index (χ3v) is 5.67. The van der Waals surface area contributed by atoms with Crippen molar-refractivity contribution in [3.05, 3.63) is 63.8 Å². The van der Waals surface area contributed by atoms with Gasteiger partial charge in [-0.25, -0.2) is 9.48 Å². The number of aromatic nitrogens is 2. The van der Waals surface area contributed by atoms with Crippen molar-refractivity contribution in [1.82, 2.24) is 15.1 Å². The summed E-state index contributed by atoms with van der Waals surface area (Å²) in [6.45, 7) is 1.80. The number of carbonyl (C=O) groups excluding carboxylic acids is 1. The fourth-order valence-corrected chi connectivity index (χ4v) is 3.86. The van der Waals surface area contributed by atoms with Crippen molar-refractivity contribution in [2.24, 2.45) is 0 Å². The molecular formula is C22H20BrN3O3. The molecule has 29 heavy (non-hydrogen) atoms. The largest absolute Gasteiger partial charge is 0.478 e. The second-order valence-corrected chi connectivity index (χ2v) is 8.13. The van der Waals surface area contributed by atoms with Crippen LogP contribution < -0.4 is 5.32 Å². The summed E-state index contributed by atoms with van der Waals surface area (Å²) in [5.41, 5.74) is 4.54. The van der Waals surface area contributed by atoms with Crippen molar-refractivity contribution in [2.45, 2.75) is 25.7 Å². The van der Waals surface area contributed by atoms with Crippen molar-refractivity contribution in [3.8, 4) is 5.69 Å². The summed E-state index contributed by atoms with van der Waals surface area (Å²) in [7, 11) is 1.60. The minimum Gasteiger partial charge on any atom is -0.478 e. The molecule has 1 aliphatic carbocycles. The third-order valence-electron chi connectivity index (χ3n) is 5.14. The molecule has 2 aromatic carbocycles. The number of benzene rings is 2. The molecule has 1 amide bonds. The molecule has 0 spiro atoms. The Morgan fingerprint density at radius 1 is 1.24 bits per heavy atom. The Morgan fingerprint density at radius 2 is 1.93 bits per heavy atom. The number of aliphatic carboxylic acids is 1. The highest BCUT2D eigenvalue weighted by atomic mass is 79.9. The minimum atomic E-state index is -0.976. The lowest BCUT2D eigenvalue weighted by Gasteiger charge is -2.10. The summed E-state index contributed by atoms with van der Waals surface area (Å²) < 4.78 is 2.58. The van der Waals surface area contributed by atoms with Crippen molar-refractivity contribution >= 4 is 44.3 Å². The van der Waals surface area contributed by atoms with E-state index in [1.54, 1.807) is 18.7 Å². The van der Waals surface area contributed by atoms with Crippen molar-refractivity contribution in [2.75, 3.05) is 7.05 Å². The summed E-state index contributed by atoms with van der Waals surface area (Å²) in [4.78, 5) is 23.9. The maximum atomic E-state index is 12.7. The van der Waals surface area contributed by atoms with E-state index in [0.717, 1.165) is 39.5 Å². The molecule has 0 unspecified atom stereocenters. The molecule has 0 saturated heterocycles. The SMILES string of the molecule is CNC(=O)c1c2cc(C3CC3)c(/C(C)=C/C(=O)O)cc2nn1-c1ccc(Br)cc1. The minimum absolute atomic E-state index is 0.220. The lowest BCUT2D eigenvalue weighted by molar-refractivity contribution is -0.131. The quantitative estimate of drug-likeness (QED) is 0.556. The van der Waals surface area contributed by atoms with E-state index >= 15 is 0 Å². The van der Waals surface area contributed by atoms with Crippen LogP contribution in [0.5, 0.6) is 0 Å². The van der Waals surface area contributed by atoms with Crippen LogP contribution in [0.15, 0.2) is 46.9 Å². The van der Waals surface area contributed by atoms with Gasteiger partial charge in [0.2, 0.25) is 0 Å². The van der Waals surface area contributed by atoms with E-state index < -0.39 is 5.97 Å². The monoisotopic (exact) mass is 453 g/mol. The lowest BCUT2D eigenvalue weighted by Crippen LogP contribution is -2.21. The van der Waals surface area contributed by atoms with E-state index in [1.807, 2.05) is 36.4 Å². The molecule has 0 bridgehead atoms. The number of hydrogen-bond acceptors (Lipinski definition) is 3. The van der Waals surface area contributed by atoms with E-state index in [0.29, 0.717) is 22.7 Å². The van der Waals surface area contributed by atoms with E-state index in [9.17, 15) is 14.7 Å². The molecular weight excluding hydrogens is 434 g/mol. The number of allylic oxidation sites excluding steroid dienone is 1. The lowest BCUT2D eigenvalue weighted by atomic mass is 9.95. The highest BCUT2D eigenvalue weighted by molar-refractivity contribution is 9.10. The fourth-order valence-electron chi connectivity index (χ4n) is 3.59. The first-order valence-electron chi connectivity index (χ1n) is 9.35. The first-order valence-corrected chi connectivity index (χ1v) is 10.1. The molecule has 1 fully saturated rings. The molecule has 1 aliphatic rings. The normalized spacial score (nSPS) is 14.2. The smallest absolute Gasteiger partial charge is 0.328 e. The van der Waals surface area contributed by atoms with Gasteiger partial charge in [0.15, 0.2) is 0 Å². The number of amides is 1. The topological polar surface area (TPSA) is 84.2 Å². The predicted molar refractivity (Wildman–Crippen MR) is 115 cm³/mol. The summed E-state index contributed by atoms with van der Waals surface area (Å²) in [6.07, 6.45) is 3.35. The molecule has 0 atom stereocenters. The van der Waals surface area contributed by atoms with Crippen molar-refractivity contribution in [3.63, 3.8) is 0 Å². The molecule has 2 N–H and O–H groups in total. The summed E-state index contributed by atoms with van der Waals surface area (Å²) in [5.74, 6) is -0.807. The van der Waals surface area contributed by atoms with Crippen LogP contribution >= 0.6 is 15.9 Å². The van der Waals surface area contributed by atoms with Crippen LogP contribution in [0.1, 0.15) is 47.3 Å². The first kappa shape index (κ1) is 19.4. The average Bonchev–Trinajstić information content (AvgIpc) is 3.47. The summed E-state index contributed by atoms with van der Waals surface area (Å²) in [5, 5.41) is 17.3. The maximum absolute atomic E-state index is 12.7. The van der Waals surface area contributed by atoms with Gasteiger partial charge in [-0.15, -0.1) is 0 Å². The Kier molecular flexibility index (Phi) is 5.00. The van der Waals surface area contributed by atoms with Gasteiger partial charge in [-0.2, -0.15) is 5.10 Å². The number of carboxylic acids is 1. The molecule has 7 heteroatoms. The standard InChI is InChI=1S/C22H20BrN3O3/c1-12(9-20(27)28)16-11-19-18(10-17(16)13-3-4-13)21(22(29)24-2)26(25-19)15-7-5-14(23)6-8-15/h5-11,13H,3-4H2,1-2H3,(H,24,29)(H,27,28)/b12-9+. The molecule has 148 valence electrons. The highest BCUT2D eigenvalue weighted by Gasteiger charge is 2.29. The number of rotatable bonds is 5. The number of halogens is 1. The van der Waals surface area contributed by atoms with Gasteiger partial charge in [-0.1, -0.05) is 15.9 Å². The Balaban J connectivity index is 1.99. The van der Waals surface area contributed by atoms with Gasteiger partial charge >= 0.3 is 5.97 Å². The molecule has 1 saturated carbocycles. The van der Waals surface area contributed by atoms with Crippen LogP contribution in [0, 0.1) is 0 Å². The van der Waals surface area contributed by atoms with Crippen LogP contribution in [-0.4, -0.2) is 33.8 Å². The number of carboxylic acid groups (broad SMARTS) is 1. The van der Waals surface area contributed by atoms with E-state index in [2.05, 4.69) is 21.2 Å². The van der Waals surface area contributed by atoms with E-state index in [1.165, 1.54) is 6.08 Å². The number of carbonyl (C=O) groups is 2. The van der Waals surface area contributed by atoms with Gasteiger partial charge in [0.1, 0.15) is 5.69 Å². The van der Waals surface area contributed by atoms with Gasteiger partial charge in [0, 0.05) is 23.0 Å². The second-order valence-electron chi connectivity index (χ2n) is 7.21. The highest BCUT2D eigenvalue weighted by Crippen LogP contribution is 2.45. The van der Waals surface area contributed by atoms with Gasteiger partial charge in [0.25, 0.3) is 5.91 Å². The molecule has 4 rings (SSSR count). The zero-order valence-electron chi connectivity index (χ0n) is 16.1. The number of fused-ring (bicyclic) bond motifs is 1. The maximum Gasteiger partial charge on any atom is 0.328 e. The molecule has 6 nitrogen and oxygen atoms in total. The second kappa shape index (κ2) is 7.48. The van der Waals surface area contributed by atoms with Crippen LogP contribution in [0.4, 0.5) is 0 Å². The van der Waals surface area contributed by atoms with E-state index in [-0.39, 0.29) is 5.91 Å².